The molecule has 0 bridgehead atoms. The first kappa shape index (κ1) is 13.1. The van der Waals surface area contributed by atoms with E-state index in [0.717, 1.165) is 26.1 Å². The standard InChI is InChI=1S/C14H24O2Si/c1-3-11-15-17(16-12-4-2,13-7-5-8-13)14-9-6-10-14/h7,9H,3-6,8,10-12H2,1-2H3. The molecule has 2 nitrogen and oxygen atoms in total. The minimum absolute atomic E-state index is 0.838. The molecule has 0 aromatic carbocycles. The molecule has 0 amide bonds. The molecule has 0 saturated heterocycles. The highest BCUT2D eigenvalue weighted by molar-refractivity contribution is 6.82. The topological polar surface area (TPSA) is 18.5 Å². The molecule has 3 heteroatoms. The summed E-state index contributed by atoms with van der Waals surface area (Å²) in [6, 6.07) is 0. The SMILES string of the molecule is CCCO[Si](OCCC)(C1=CCC1)C1=CCC1. The lowest BCUT2D eigenvalue weighted by molar-refractivity contribution is 0.179. The third-order valence-electron chi connectivity index (χ3n) is 3.47. The molecule has 0 radical (unpaired) electrons. The van der Waals surface area contributed by atoms with Gasteiger partial charge in [0.1, 0.15) is 0 Å². The predicted octanol–water partition coefficient (Wildman–Crippen LogP) is 3.80. The Morgan fingerprint density at radius 2 is 1.35 bits per heavy atom. The van der Waals surface area contributed by atoms with Crippen LogP contribution < -0.4 is 0 Å². The Hall–Kier alpha value is -0.383. The smallest absolute Gasteiger partial charge is 0.388 e. The molecule has 0 aliphatic heterocycles. The van der Waals surface area contributed by atoms with Crippen LogP contribution in [0.5, 0.6) is 0 Å². The van der Waals surface area contributed by atoms with Crippen molar-refractivity contribution in [3.05, 3.63) is 22.5 Å². The molecule has 2 rings (SSSR count). The van der Waals surface area contributed by atoms with Gasteiger partial charge in [-0.1, -0.05) is 26.0 Å². The molecule has 17 heavy (non-hydrogen) atoms. The molecule has 0 heterocycles. The first-order chi connectivity index (χ1) is 8.33. The Morgan fingerprint density at radius 3 is 1.59 bits per heavy atom. The van der Waals surface area contributed by atoms with Crippen molar-refractivity contribution in [2.75, 3.05) is 13.2 Å². The Bertz CT molecular complexity index is 288. The highest BCUT2D eigenvalue weighted by atomic mass is 28.4. The number of hydrogen-bond donors (Lipinski definition) is 0. The fraction of sp³-hybridized carbons (Fsp3) is 0.714. The maximum atomic E-state index is 6.27. The minimum Gasteiger partial charge on any atom is -0.388 e. The average molecular weight is 252 g/mol. The van der Waals surface area contributed by atoms with E-state index in [1.54, 1.807) is 0 Å². The van der Waals surface area contributed by atoms with Crippen LogP contribution in [0.4, 0.5) is 0 Å². The molecule has 0 aromatic heterocycles. The van der Waals surface area contributed by atoms with Crippen molar-refractivity contribution < 1.29 is 8.85 Å². The third kappa shape index (κ3) is 2.56. The summed E-state index contributed by atoms with van der Waals surface area (Å²) >= 11 is 0. The fourth-order valence-electron chi connectivity index (χ4n) is 2.29. The summed E-state index contributed by atoms with van der Waals surface area (Å²) in [5.74, 6) is 0. The second-order valence-corrected chi connectivity index (χ2v) is 7.94. The Morgan fingerprint density at radius 1 is 0.941 bits per heavy atom. The van der Waals surface area contributed by atoms with Crippen LogP contribution >= 0.6 is 0 Å². The summed E-state index contributed by atoms with van der Waals surface area (Å²) in [6.07, 6.45) is 11.6. The molecule has 0 atom stereocenters. The van der Waals surface area contributed by atoms with E-state index in [0.29, 0.717) is 0 Å². The van der Waals surface area contributed by atoms with E-state index in [-0.39, 0.29) is 0 Å². The zero-order chi connectivity index (χ0) is 12.1. The van der Waals surface area contributed by atoms with Crippen LogP contribution in [-0.4, -0.2) is 21.8 Å². The highest BCUT2D eigenvalue weighted by Crippen LogP contribution is 2.40. The largest absolute Gasteiger partial charge is 0.398 e. The number of rotatable bonds is 8. The van der Waals surface area contributed by atoms with E-state index >= 15 is 0 Å². The van der Waals surface area contributed by atoms with Crippen LogP contribution in [0.25, 0.3) is 0 Å². The lowest BCUT2D eigenvalue weighted by atomic mass is 10.1. The Labute approximate surface area is 106 Å². The fourth-order valence-corrected chi connectivity index (χ4v) is 6.28. The van der Waals surface area contributed by atoms with Crippen LogP contribution in [-0.2, 0) is 8.85 Å². The van der Waals surface area contributed by atoms with Crippen molar-refractivity contribution >= 4 is 8.56 Å². The van der Waals surface area contributed by atoms with E-state index in [1.807, 2.05) is 0 Å². The minimum atomic E-state index is -2.15. The van der Waals surface area contributed by atoms with Crippen LogP contribution in [0.2, 0.25) is 0 Å². The predicted molar refractivity (Wildman–Crippen MR) is 72.9 cm³/mol. The van der Waals surface area contributed by atoms with Crippen LogP contribution in [0.1, 0.15) is 52.4 Å². The summed E-state index contributed by atoms with van der Waals surface area (Å²) in [6.45, 7) is 6.02. The van der Waals surface area contributed by atoms with Gasteiger partial charge in [-0.15, -0.1) is 0 Å². The van der Waals surface area contributed by atoms with Gasteiger partial charge in [0.2, 0.25) is 0 Å². The van der Waals surface area contributed by atoms with E-state index in [1.165, 1.54) is 36.1 Å². The molecule has 0 unspecified atom stereocenters. The Kier molecular flexibility index (Phi) is 4.60. The van der Waals surface area contributed by atoms with Crippen LogP contribution in [0, 0.1) is 0 Å². The van der Waals surface area contributed by atoms with Gasteiger partial charge in [0, 0.05) is 13.2 Å². The molecular formula is C14H24O2Si. The summed E-state index contributed by atoms with van der Waals surface area (Å²) in [5, 5.41) is 2.98. The lowest BCUT2D eigenvalue weighted by Crippen LogP contribution is -2.50. The summed E-state index contributed by atoms with van der Waals surface area (Å²) in [5.41, 5.74) is 0. The quantitative estimate of drug-likeness (QED) is 0.612. The molecule has 2 aliphatic carbocycles. The van der Waals surface area contributed by atoms with E-state index in [2.05, 4.69) is 26.0 Å². The summed E-state index contributed by atoms with van der Waals surface area (Å²) in [7, 11) is -2.15. The first-order valence-electron chi connectivity index (χ1n) is 7.00. The van der Waals surface area contributed by atoms with Gasteiger partial charge >= 0.3 is 8.56 Å². The maximum absolute atomic E-state index is 6.27. The van der Waals surface area contributed by atoms with Crippen LogP contribution in [0.3, 0.4) is 0 Å². The summed E-state index contributed by atoms with van der Waals surface area (Å²) < 4.78 is 12.5. The lowest BCUT2D eigenvalue weighted by Gasteiger charge is -2.40. The maximum Gasteiger partial charge on any atom is 0.398 e. The van der Waals surface area contributed by atoms with Crippen molar-refractivity contribution in [3.8, 4) is 0 Å². The molecule has 0 saturated carbocycles. The van der Waals surface area contributed by atoms with Gasteiger partial charge in [-0.2, -0.15) is 0 Å². The van der Waals surface area contributed by atoms with Crippen molar-refractivity contribution in [1.82, 2.24) is 0 Å². The average Bonchev–Trinajstić information content (AvgIpc) is 2.18. The Balaban J connectivity index is 2.16. The molecule has 0 fully saturated rings. The molecule has 0 N–H and O–H groups in total. The van der Waals surface area contributed by atoms with E-state index in [4.69, 9.17) is 8.85 Å². The van der Waals surface area contributed by atoms with E-state index in [9.17, 15) is 0 Å². The molecule has 96 valence electrons. The first-order valence-corrected chi connectivity index (χ1v) is 8.82. The highest BCUT2D eigenvalue weighted by Gasteiger charge is 2.48. The molecular weight excluding hydrogens is 228 g/mol. The zero-order valence-electron chi connectivity index (χ0n) is 11.1. The van der Waals surface area contributed by atoms with Gasteiger partial charge in [-0.25, -0.2) is 0 Å². The van der Waals surface area contributed by atoms with Crippen molar-refractivity contribution in [1.29, 1.82) is 0 Å². The molecule has 0 aromatic rings. The van der Waals surface area contributed by atoms with Crippen molar-refractivity contribution in [2.24, 2.45) is 0 Å². The van der Waals surface area contributed by atoms with Gasteiger partial charge < -0.3 is 8.85 Å². The van der Waals surface area contributed by atoms with Crippen LogP contribution in [0.15, 0.2) is 22.5 Å². The second kappa shape index (κ2) is 5.98. The molecule has 0 spiro atoms. The van der Waals surface area contributed by atoms with Gasteiger partial charge in [-0.3, -0.25) is 0 Å². The third-order valence-corrected chi connectivity index (χ3v) is 7.29. The number of hydrogen-bond acceptors (Lipinski definition) is 2. The summed E-state index contributed by atoms with van der Waals surface area (Å²) in [4.78, 5) is 0. The van der Waals surface area contributed by atoms with Crippen molar-refractivity contribution in [3.63, 3.8) is 0 Å². The molecule has 2 aliphatic rings. The van der Waals surface area contributed by atoms with Gasteiger partial charge in [0.25, 0.3) is 0 Å². The monoisotopic (exact) mass is 252 g/mol. The normalized spacial score (nSPS) is 19.2. The van der Waals surface area contributed by atoms with Gasteiger partial charge in [0.05, 0.1) is 0 Å². The van der Waals surface area contributed by atoms with Gasteiger partial charge in [-0.05, 0) is 48.9 Å². The van der Waals surface area contributed by atoms with Crippen molar-refractivity contribution in [2.45, 2.75) is 52.4 Å². The second-order valence-electron chi connectivity index (χ2n) is 4.85. The number of allylic oxidation sites excluding steroid dienone is 4. The zero-order valence-corrected chi connectivity index (χ0v) is 12.1. The van der Waals surface area contributed by atoms with Gasteiger partial charge in [0.15, 0.2) is 0 Å². The van der Waals surface area contributed by atoms with E-state index < -0.39 is 8.56 Å².